The number of nitrogens with zero attached hydrogens (tertiary/aromatic N) is 5. The van der Waals surface area contributed by atoms with Crippen molar-refractivity contribution in [2.75, 3.05) is 26.2 Å². The summed E-state index contributed by atoms with van der Waals surface area (Å²) in [5.41, 5.74) is 0.239. The molecule has 0 N–H and O–H groups in total. The molecule has 1 fully saturated rings. The fourth-order valence-corrected chi connectivity index (χ4v) is 3.22. The van der Waals surface area contributed by atoms with Gasteiger partial charge in [-0.25, -0.2) is 0 Å². The van der Waals surface area contributed by atoms with Crippen LogP contribution in [0.15, 0.2) is 53.3 Å². The first-order chi connectivity index (χ1) is 14.4. The zero-order valence-corrected chi connectivity index (χ0v) is 15.8. The maximum absolute atomic E-state index is 12.7. The molecule has 2 aromatic heterocycles. The number of hydrogen-bond donors (Lipinski definition) is 0. The van der Waals surface area contributed by atoms with Crippen molar-refractivity contribution in [3.63, 3.8) is 0 Å². The van der Waals surface area contributed by atoms with Crippen LogP contribution in [0.3, 0.4) is 0 Å². The van der Waals surface area contributed by atoms with E-state index < -0.39 is 11.7 Å². The fraction of sp³-hybridized carbons (Fsp3) is 0.300. The van der Waals surface area contributed by atoms with Crippen molar-refractivity contribution < 1.29 is 22.5 Å². The van der Waals surface area contributed by atoms with Crippen molar-refractivity contribution in [2.45, 2.75) is 12.7 Å². The van der Waals surface area contributed by atoms with Crippen LogP contribution in [0.5, 0.6) is 0 Å². The Bertz CT molecular complexity index is 997. The molecule has 156 valence electrons. The summed E-state index contributed by atoms with van der Waals surface area (Å²) in [4.78, 5) is 24.7. The number of rotatable bonds is 4. The number of halogens is 3. The van der Waals surface area contributed by atoms with Crippen molar-refractivity contribution in [2.24, 2.45) is 0 Å². The molecular weight excluding hydrogens is 399 g/mol. The largest absolute Gasteiger partial charge is 0.416 e. The van der Waals surface area contributed by atoms with Gasteiger partial charge in [-0.15, -0.1) is 0 Å². The second kappa shape index (κ2) is 8.23. The number of alkyl halides is 3. The number of benzene rings is 1. The standard InChI is InChI=1S/C20H18F3N5O2/c21-20(22,23)16-5-3-14(4-6-16)19(29)28-10-8-27(9-11-28)13-17-25-18(26-30-17)15-2-1-7-24-12-15/h1-7,12H,8-11,13H2. The molecule has 0 radical (unpaired) electrons. The minimum Gasteiger partial charge on any atom is -0.338 e. The number of carbonyl (C=O) groups excluding carboxylic acids is 1. The molecule has 1 aliphatic rings. The highest BCUT2D eigenvalue weighted by atomic mass is 19.4. The lowest BCUT2D eigenvalue weighted by Gasteiger charge is -2.34. The lowest BCUT2D eigenvalue weighted by molar-refractivity contribution is -0.137. The average Bonchev–Trinajstić information content (AvgIpc) is 3.22. The number of carbonyl (C=O) groups is 1. The Morgan fingerprint density at radius 2 is 1.80 bits per heavy atom. The smallest absolute Gasteiger partial charge is 0.338 e. The lowest BCUT2D eigenvalue weighted by Crippen LogP contribution is -2.48. The Morgan fingerprint density at radius 1 is 1.07 bits per heavy atom. The van der Waals surface area contributed by atoms with Crippen LogP contribution in [-0.4, -0.2) is 57.0 Å². The molecule has 4 rings (SSSR count). The third kappa shape index (κ3) is 4.48. The van der Waals surface area contributed by atoms with Crippen LogP contribution >= 0.6 is 0 Å². The van der Waals surface area contributed by atoms with Gasteiger partial charge in [0, 0.05) is 49.7 Å². The third-order valence-corrected chi connectivity index (χ3v) is 4.87. The van der Waals surface area contributed by atoms with Crippen LogP contribution in [0.4, 0.5) is 13.2 Å². The van der Waals surface area contributed by atoms with E-state index in [0.717, 1.165) is 17.7 Å². The molecule has 0 spiro atoms. The molecule has 3 heterocycles. The molecule has 3 aromatic rings. The summed E-state index contributed by atoms with van der Waals surface area (Å²) < 4.78 is 43.3. The molecule has 30 heavy (non-hydrogen) atoms. The van der Waals surface area contributed by atoms with Crippen molar-refractivity contribution in [1.29, 1.82) is 0 Å². The highest BCUT2D eigenvalue weighted by Crippen LogP contribution is 2.29. The Kier molecular flexibility index (Phi) is 5.49. The second-order valence-corrected chi connectivity index (χ2v) is 6.90. The summed E-state index contributed by atoms with van der Waals surface area (Å²) in [6.45, 7) is 2.57. The molecule has 0 aliphatic carbocycles. The van der Waals surface area contributed by atoms with E-state index in [-0.39, 0.29) is 11.5 Å². The summed E-state index contributed by atoms with van der Waals surface area (Å²) in [7, 11) is 0. The normalized spacial score (nSPS) is 15.4. The van der Waals surface area contributed by atoms with E-state index in [0.29, 0.717) is 44.4 Å². The van der Waals surface area contributed by atoms with Gasteiger partial charge in [0.15, 0.2) is 0 Å². The summed E-state index contributed by atoms with van der Waals surface area (Å²) in [6.07, 6.45) is -1.10. The van der Waals surface area contributed by atoms with E-state index in [4.69, 9.17) is 4.52 Å². The maximum atomic E-state index is 12.7. The second-order valence-electron chi connectivity index (χ2n) is 6.90. The van der Waals surface area contributed by atoms with Gasteiger partial charge in [-0.1, -0.05) is 5.16 Å². The van der Waals surface area contributed by atoms with Gasteiger partial charge < -0.3 is 9.42 Å². The number of amides is 1. The molecule has 7 nitrogen and oxygen atoms in total. The van der Waals surface area contributed by atoms with E-state index in [1.807, 2.05) is 6.07 Å². The minimum atomic E-state index is -4.42. The van der Waals surface area contributed by atoms with Gasteiger partial charge in [-0.05, 0) is 36.4 Å². The first-order valence-corrected chi connectivity index (χ1v) is 9.32. The van der Waals surface area contributed by atoms with E-state index in [2.05, 4.69) is 20.0 Å². The molecule has 1 saturated heterocycles. The van der Waals surface area contributed by atoms with Gasteiger partial charge >= 0.3 is 6.18 Å². The number of hydrogen-bond acceptors (Lipinski definition) is 6. The van der Waals surface area contributed by atoms with Crippen LogP contribution in [-0.2, 0) is 12.7 Å². The molecule has 1 aliphatic heterocycles. The first kappa shape index (κ1) is 20.0. The summed E-state index contributed by atoms with van der Waals surface area (Å²) in [5.74, 6) is 0.658. The van der Waals surface area contributed by atoms with Crippen molar-refractivity contribution in [3.05, 3.63) is 65.8 Å². The van der Waals surface area contributed by atoms with Gasteiger partial charge in [0.05, 0.1) is 12.1 Å². The topological polar surface area (TPSA) is 75.4 Å². The van der Waals surface area contributed by atoms with Gasteiger partial charge in [0.1, 0.15) is 0 Å². The third-order valence-electron chi connectivity index (χ3n) is 4.87. The maximum Gasteiger partial charge on any atom is 0.416 e. The molecule has 0 unspecified atom stereocenters. The highest BCUT2D eigenvalue weighted by molar-refractivity contribution is 5.94. The summed E-state index contributed by atoms with van der Waals surface area (Å²) in [6, 6.07) is 7.93. The molecule has 0 bridgehead atoms. The van der Waals surface area contributed by atoms with Crippen molar-refractivity contribution in [1.82, 2.24) is 24.9 Å². The number of aromatic nitrogens is 3. The molecule has 1 amide bonds. The minimum absolute atomic E-state index is 0.245. The molecule has 1 aromatic carbocycles. The van der Waals surface area contributed by atoms with Gasteiger partial charge in [0.25, 0.3) is 5.91 Å². The fourth-order valence-electron chi connectivity index (χ4n) is 3.22. The zero-order chi connectivity index (χ0) is 21.1. The molecular formula is C20H18F3N5O2. The molecule has 10 heteroatoms. The highest BCUT2D eigenvalue weighted by Gasteiger charge is 2.31. The van der Waals surface area contributed by atoms with Crippen LogP contribution in [0.25, 0.3) is 11.4 Å². The van der Waals surface area contributed by atoms with E-state index in [9.17, 15) is 18.0 Å². The average molecular weight is 417 g/mol. The monoisotopic (exact) mass is 417 g/mol. The van der Waals surface area contributed by atoms with Crippen LogP contribution in [0, 0.1) is 0 Å². The van der Waals surface area contributed by atoms with Crippen LogP contribution in [0.2, 0.25) is 0 Å². The van der Waals surface area contributed by atoms with Crippen molar-refractivity contribution >= 4 is 5.91 Å². The first-order valence-electron chi connectivity index (χ1n) is 9.32. The predicted octanol–water partition coefficient (Wildman–Crippen LogP) is 3.11. The Morgan fingerprint density at radius 3 is 2.43 bits per heavy atom. The van der Waals surface area contributed by atoms with Crippen LogP contribution < -0.4 is 0 Å². The number of pyridine rings is 1. The summed E-state index contributed by atoms with van der Waals surface area (Å²) >= 11 is 0. The summed E-state index contributed by atoms with van der Waals surface area (Å²) in [5, 5.41) is 3.96. The predicted molar refractivity (Wildman–Crippen MR) is 100 cm³/mol. The van der Waals surface area contributed by atoms with E-state index in [1.165, 1.54) is 12.1 Å². The lowest BCUT2D eigenvalue weighted by atomic mass is 10.1. The van der Waals surface area contributed by atoms with E-state index >= 15 is 0 Å². The van der Waals surface area contributed by atoms with Crippen LogP contribution in [0.1, 0.15) is 21.8 Å². The Labute approximate surface area is 170 Å². The van der Waals surface area contributed by atoms with Gasteiger partial charge in [0.2, 0.25) is 11.7 Å². The Balaban J connectivity index is 1.32. The number of piperazine rings is 1. The van der Waals surface area contributed by atoms with E-state index in [1.54, 1.807) is 23.4 Å². The van der Waals surface area contributed by atoms with Gasteiger partial charge in [-0.3, -0.25) is 14.7 Å². The Hall–Kier alpha value is -3.27. The SMILES string of the molecule is O=C(c1ccc(C(F)(F)F)cc1)N1CCN(Cc2nc(-c3cccnc3)no2)CC1. The van der Waals surface area contributed by atoms with Crippen molar-refractivity contribution in [3.8, 4) is 11.4 Å². The molecule has 0 atom stereocenters. The molecule has 0 saturated carbocycles. The quantitative estimate of drug-likeness (QED) is 0.650. The zero-order valence-electron chi connectivity index (χ0n) is 15.8. The van der Waals surface area contributed by atoms with Gasteiger partial charge in [-0.2, -0.15) is 18.2 Å².